The van der Waals surface area contributed by atoms with Crippen LogP contribution in [0.5, 0.6) is 17.2 Å². The van der Waals surface area contributed by atoms with Crippen molar-refractivity contribution in [2.75, 3.05) is 21.3 Å². The molecular weight excluding hydrogens is 407 g/mol. The van der Waals surface area contributed by atoms with Gasteiger partial charge in [0.05, 0.1) is 0 Å². The van der Waals surface area contributed by atoms with Crippen LogP contribution in [0, 0.1) is 0 Å². The fraction of sp³-hybridized carbons (Fsp3) is 0.207. The Hall–Kier alpha value is -3.53. The van der Waals surface area contributed by atoms with E-state index in [1.54, 1.807) is 21.3 Å². The van der Waals surface area contributed by atoms with Gasteiger partial charge < -0.3 is 0 Å². The predicted molar refractivity (Wildman–Crippen MR) is 135 cm³/mol. The number of rotatable bonds is 9. The molecule has 0 saturated carbocycles. The van der Waals surface area contributed by atoms with Gasteiger partial charge in [-0.05, 0) is 0 Å². The van der Waals surface area contributed by atoms with Gasteiger partial charge in [-0.15, -0.1) is 0 Å². The van der Waals surface area contributed by atoms with Crippen molar-refractivity contribution in [1.82, 2.24) is 0 Å². The summed E-state index contributed by atoms with van der Waals surface area (Å²) < 4.78 is 16.0. The van der Waals surface area contributed by atoms with Crippen LogP contribution in [0.2, 0.25) is 0 Å². The quantitative estimate of drug-likeness (QED) is 0.331. The SMILES string of the molecule is COc1ccc(Cc2bccc(Cc3ccc(OC)cc3)c2Cc2ccc(OC)cc2)cc1. The Bertz CT molecular complexity index is 1100. The molecule has 0 N–H and O–H groups in total. The van der Waals surface area contributed by atoms with Crippen LogP contribution in [-0.4, -0.2) is 28.2 Å². The van der Waals surface area contributed by atoms with Gasteiger partial charge in [-0.3, -0.25) is 0 Å². The monoisotopic (exact) mass is 436 g/mol. The molecule has 33 heavy (non-hydrogen) atoms. The van der Waals surface area contributed by atoms with E-state index in [1.165, 1.54) is 33.3 Å². The van der Waals surface area contributed by atoms with Crippen molar-refractivity contribution in [3.05, 3.63) is 118 Å². The molecule has 166 valence electrons. The van der Waals surface area contributed by atoms with Crippen molar-refractivity contribution in [1.29, 1.82) is 0 Å². The van der Waals surface area contributed by atoms with Crippen LogP contribution in [0.4, 0.5) is 0 Å². The Labute approximate surface area is 197 Å². The fourth-order valence-corrected chi connectivity index (χ4v) is 4.12. The number of ether oxygens (including phenoxy) is 3. The Morgan fingerprint density at radius 3 is 1.39 bits per heavy atom. The summed E-state index contributed by atoms with van der Waals surface area (Å²) in [6, 6.07) is 27.3. The Kier molecular flexibility index (Phi) is 7.46. The number of hydrogen-bond donors (Lipinski definition) is 0. The van der Waals surface area contributed by atoms with Crippen LogP contribution in [0.3, 0.4) is 0 Å². The molecule has 3 nitrogen and oxygen atoms in total. The first-order valence-electron chi connectivity index (χ1n) is 11.2. The molecule has 4 aromatic rings. The van der Waals surface area contributed by atoms with Crippen LogP contribution in [0.25, 0.3) is 0 Å². The van der Waals surface area contributed by atoms with Crippen molar-refractivity contribution in [3.8, 4) is 17.2 Å². The van der Waals surface area contributed by atoms with Crippen molar-refractivity contribution >= 4 is 6.91 Å². The second-order valence-electron chi connectivity index (χ2n) is 8.13. The van der Waals surface area contributed by atoms with Gasteiger partial charge in [0, 0.05) is 0 Å². The van der Waals surface area contributed by atoms with Crippen LogP contribution in [0.1, 0.15) is 33.3 Å². The summed E-state index contributed by atoms with van der Waals surface area (Å²) in [4.78, 5) is 0. The molecule has 0 aliphatic heterocycles. The molecule has 1 heterocycles. The fourth-order valence-electron chi connectivity index (χ4n) is 4.12. The van der Waals surface area contributed by atoms with E-state index < -0.39 is 0 Å². The third-order valence-corrected chi connectivity index (χ3v) is 6.02. The van der Waals surface area contributed by atoms with Gasteiger partial charge in [0.15, 0.2) is 0 Å². The Morgan fingerprint density at radius 1 is 0.515 bits per heavy atom. The zero-order valence-corrected chi connectivity index (χ0v) is 19.5. The van der Waals surface area contributed by atoms with Crippen molar-refractivity contribution in [3.63, 3.8) is 0 Å². The van der Waals surface area contributed by atoms with E-state index in [2.05, 4.69) is 55.3 Å². The molecule has 0 amide bonds. The van der Waals surface area contributed by atoms with Crippen LogP contribution < -0.4 is 14.2 Å². The number of benzene rings is 3. The van der Waals surface area contributed by atoms with Gasteiger partial charge >= 0.3 is 197 Å². The van der Waals surface area contributed by atoms with Crippen molar-refractivity contribution in [2.24, 2.45) is 0 Å². The zero-order valence-electron chi connectivity index (χ0n) is 19.5. The maximum atomic E-state index is 5.34. The molecule has 4 heteroatoms. The predicted octanol–water partition coefficient (Wildman–Crippen LogP) is 5.82. The summed E-state index contributed by atoms with van der Waals surface area (Å²) >= 11 is 0. The van der Waals surface area contributed by atoms with E-state index in [9.17, 15) is 0 Å². The van der Waals surface area contributed by atoms with E-state index in [-0.39, 0.29) is 0 Å². The minimum atomic E-state index is 0.877. The Morgan fingerprint density at radius 2 is 0.939 bits per heavy atom. The molecule has 0 fully saturated rings. The van der Waals surface area contributed by atoms with Crippen LogP contribution in [-0.2, 0) is 19.3 Å². The number of hydrogen-bond acceptors (Lipinski definition) is 3. The Balaban J connectivity index is 1.67. The average molecular weight is 436 g/mol. The van der Waals surface area contributed by atoms with Gasteiger partial charge in [-0.2, -0.15) is 0 Å². The summed E-state index contributed by atoms with van der Waals surface area (Å²) in [6.07, 6.45) is 2.64. The molecule has 0 atom stereocenters. The molecular formula is C29H29BO3. The molecule has 3 aromatic carbocycles. The van der Waals surface area contributed by atoms with E-state index in [4.69, 9.17) is 14.2 Å². The maximum absolute atomic E-state index is 5.34. The third-order valence-electron chi connectivity index (χ3n) is 6.02. The molecule has 0 bridgehead atoms. The number of methoxy groups -OCH3 is 3. The molecule has 0 spiro atoms. The summed E-state index contributed by atoms with van der Waals surface area (Å²) in [5, 5.41) is 0. The topological polar surface area (TPSA) is 27.7 Å². The van der Waals surface area contributed by atoms with Gasteiger partial charge in [0.1, 0.15) is 0 Å². The molecule has 0 aliphatic carbocycles. The standard InChI is InChI=1S/C29H29BO3/c1-31-25-10-4-21(5-11-25)18-24-16-17-30-29(20-23-8-14-27(33-3)15-9-23)28(24)19-22-6-12-26(32-2)13-7-22/h4-17H,18-20H2,1-3H3. The van der Waals surface area contributed by atoms with Crippen molar-refractivity contribution < 1.29 is 14.2 Å². The van der Waals surface area contributed by atoms with E-state index >= 15 is 0 Å². The molecule has 1 aromatic heterocycles. The van der Waals surface area contributed by atoms with E-state index in [0.717, 1.165) is 36.5 Å². The normalized spacial score (nSPS) is 10.5. The van der Waals surface area contributed by atoms with Crippen molar-refractivity contribution in [2.45, 2.75) is 19.3 Å². The molecule has 0 radical (unpaired) electrons. The second kappa shape index (κ2) is 10.9. The molecule has 0 unspecified atom stereocenters. The van der Waals surface area contributed by atoms with Gasteiger partial charge in [-0.25, -0.2) is 0 Å². The first-order valence-corrected chi connectivity index (χ1v) is 11.2. The first kappa shape index (κ1) is 22.7. The van der Waals surface area contributed by atoms with E-state index in [1.807, 2.05) is 36.4 Å². The molecule has 0 aliphatic rings. The first-order chi connectivity index (χ1) is 16.2. The van der Waals surface area contributed by atoms with Crippen LogP contribution >= 0.6 is 0 Å². The summed E-state index contributed by atoms with van der Waals surface area (Å²) in [6.45, 7) is 2.25. The zero-order chi connectivity index (χ0) is 23.0. The van der Waals surface area contributed by atoms with Gasteiger partial charge in [0.2, 0.25) is 0 Å². The van der Waals surface area contributed by atoms with Gasteiger partial charge in [-0.1, -0.05) is 0 Å². The second-order valence-corrected chi connectivity index (χ2v) is 8.13. The summed E-state index contributed by atoms with van der Waals surface area (Å²) in [5.41, 5.74) is 7.90. The molecule has 4 rings (SSSR count). The molecule has 0 saturated heterocycles. The average Bonchev–Trinajstić information content (AvgIpc) is 2.87. The minimum absolute atomic E-state index is 0.877. The van der Waals surface area contributed by atoms with Crippen LogP contribution in [0.15, 0.2) is 84.8 Å². The summed E-state index contributed by atoms with van der Waals surface area (Å²) in [5.74, 6) is 4.81. The van der Waals surface area contributed by atoms with Gasteiger partial charge in [0.25, 0.3) is 0 Å². The van der Waals surface area contributed by atoms with E-state index in [0.29, 0.717) is 0 Å². The third kappa shape index (κ3) is 5.84. The summed E-state index contributed by atoms with van der Waals surface area (Å²) in [7, 11) is 5.10.